The number of hydrogen-bond acceptors (Lipinski definition) is 4. The van der Waals surface area contributed by atoms with Crippen LogP contribution in [-0.4, -0.2) is 25.7 Å². The molecule has 0 aromatic carbocycles. The second-order valence-electron chi connectivity index (χ2n) is 3.75. The predicted molar refractivity (Wildman–Crippen MR) is 61.0 cm³/mol. The third-order valence-corrected chi connectivity index (χ3v) is 2.30. The molecule has 2 heterocycles. The van der Waals surface area contributed by atoms with E-state index in [1.54, 1.807) is 0 Å². The number of H-pyrrole nitrogens is 1. The van der Waals surface area contributed by atoms with Gasteiger partial charge in [-0.05, 0) is 12.1 Å². The van der Waals surface area contributed by atoms with E-state index in [0.717, 1.165) is 4.68 Å². The standard InChI is InChI=1S/C10H8F3N5O2/c1-18-9(16-8(17-18)10(11,12)13)15-7(20)5-3-2-4-14-6(5)19/h2-4H,1H3,(H,14,19)(H,15,16,17,20). The summed E-state index contributed by atoms with van der Waals surface area (Å²) in [5.41, 5.74) is -0.910. The van der Waals surface area contributed by atoms with Gasteiger partial charge in [-0.2, -0.15) is 18.2 Å². The summed E-state index contributed by atoms with van der Waals surface area (Å²) in [5.74, 6) is -2.67. The first-order chi connectivity index (χ1) is 9.29. The molecule has 2 N–H and O–H groups in total. The molecule has 0 aliphatic rings. The summed E-state index contributed by atoms with van der Waals surface area (Å²) < 4.78 is 38.0. The molecule has 106 valence electrons. The normalized spacial score (nSPS) is 11.4. The molecule has 0 spiro atoms. The first-order valence-corrected chi connectivity index (χ1v) is 5.26. The lowest BCUT2D eigenvalue weighted by Crippen LogP contribution is -2.23. The summed E-state index contributed by atoms with van der Waals surface area (Å²) in [4.78, 5) is 28.5. The summed E-state index contributed by atoms with van der Waals surface area (Å²) in [6.07, 6.45) is -3.39. The van der Waals surface area contributed by atoms with Crippen LogP contribution in [0.4, 0.5) is 19.1 Å². The molecule has 0 saturated carbocycles. The van der Waals surface area contributed by atoms with Crippen molar-refractivity contribution in [3.05, 3.63) is 40.1 Å². The smallest absolute Gasteiger partial charge is 0.328 e. The number of hydrogen-bond donors (Lipinski definition) is 2. The Morgan fingerprint density at radius 3 is 2.70 bits per heavy atom. The van der Waals surface area contributed by atoms with Crippen molar-refractivity contribution in [1.82, 2.24) is 19.7 Å². The molecular weight excluding hydrogens is 279 g/mol. The van der Waals surface area contributed by atoms with E-state index in [9.17, 15) is 22.8 Å². The Labute approximate surface area is 109 Å². The van der Waals surface area contributed by atoms with E-state index in [1.165, 1.54) is 25.4 Å². The zero-order chi connectivity index (χ0) is 14.9. The van der Waals surface area contributed by atoms with Crippen LogP contribution in [0.25, 0.3) is 0 Å². The Bertz CT molecular complexity index is 703. The monoisotopic (exact) mass is 287 g/mol. The lowest BCUT2D eigenvalue weighted by atomic mass is 10.2. The predicted octanol–water partition coefficient (Wildman–Crippen LogP) is 0.774. The van der Waals surface area contributed by atoms with Gasteiger partial charge in [-0.15, -0.1) is 5.10 Å². The van der Waals surface area contributed by atoms with Crippen LogP contribution in [0.15, 0.2) is 23.1 Å². The van der Waals surface area contributed by atoms with E-state index in [-0.39, 0.29) is 5.56 Å². The maximum absolute atomic E-state index is 12.4. The molecule has 0 radical (unpaired) electrons. The molecule has 1 amide bonds. The molecule has 2 aromatic rings. The maximum Gasteiger partial charge on any atom is 0.453 e. The number of aromatic amines is 1. The van der Waals surface area contributed by atoms with Crippen LogP contribution >= 0.6 is 0 Å². The highest BCUT2D eigenvalue weighted by Gasteiger charge is 2.37. The van der Waals surface area contributed by atoms with Gasteiger partial charge in [-0.3, -0.25) is 14.9 Å². The number of aryl methyl sites for hydroxylation is 1. The van der Waals surface area contributed by atoms with E-state index in [4.69, 9.17) is 0 Å². The van der Waals surface area contributed by atoms with Gasteiger partial charge in [0.05, 0.1) is 0 Å². The van der Waals surface area contributed by atoms with E-state index in [2.05, 4.69) is 20.4 Å². The summed E-state index contributed by atoms with van der Waals surface area (Å²) >= 11 is 0. The summed E-state index contributed by atoms with van der Waals surface area (Å²) in [5, 5.41) is 5.22. The Balaban J connectivity index is 2.27. The minimum absolute atomic E-state index is 0.246. The first kappa shape index (κ1) is 13.8. The van der Waals surface area contributed by atoms with Crippen LogP contribution in [0.2, 0.25) is 0 Å². The molecular formula is C10H8F3N5O2. The molecule has 0 bridgehead atoms. The molecule has 0 aliphatic heterocycles. The molecule has 10 heteroatoms. The molecule has 20 heavy (non-hydrogen) atoms. The number of anilines is 1. The Morgan fingerprint density at radius 1 is 1.45 bits per heavy atom. The minimum atomic E-state index is -4.72. The molecule has 7 nitrogen and oxygen atoms in total. The number of halogens is 3. The van der Waals surface area contributed by atoms with Crippen molar-refractivity contribution in [1.29, 1.82) is 0 Å². The SMILES string of the molecule is Cn1nc(C(F)(F)F)nc1NC(=O)c1ccc[nH]c1=O. The molecule has 0 fully saturated rings. The number of alkyl halides is 3. The molecule has 0 aliphatic carbocycles. The van der Waals surface area contributed by atoms with Crippen molar-refractivity contribution in [3.63, 3.8) is 0 Å². The van der Waals surface area contributed by atoms with Crippen LogP contribution in [-0.2, 0) is 13.2 Å². The van der Waals surface area contributed by atoms with Crippen LogP contribution in [0, 0.1) is 0 Å². The van der Waals surface area contributed by atoms with Crippen LogP contribution in [0.5, 0.6) is 0 Å². The lowest BCUT2D eigenvalue weighted by molar-refractivity contribution is -0.144. The van der Waals surface area contributed by atoms with Crippen molar-refractivity contribution < 1.29 is 18.0 Å². The number of aromatic nitrogens is 4. The fourth-order valence-corrected chi connectivity index (χ4v) is 1.38. The third-order valence-electron chi connectivity index (χ3n) is 2.30. The summed E-state index contributed by atoms with van der Waals surface area (Å²) in [6.45, 7) is 0. The largest absolute Gasteiger partial charge is 0.453 e. The Hall–Kier alpha value is -2.65. The van der Waals surface area contributed by atoms with Crippen LogP contribution in [0.1, 0.15) is 16.2 Å². The van der Waals surface area contributed by atoms with Crippen molar-refractivity contribution in [2.45, 2.75) is 6.18 Å². The number of nitrogens with zero attached hydrogens (tertiary/aromatic N) is 3. The molecule has 0 unspecified atom stereocenters. The van der Waals surface area contributed by atoms with E-state index in [1.807, 2.05) is 0 Å². The summed E-state index contributed by atoms with van der Waals surface area (Å²) in [6, 6.07) is 2.64. The first-order valence-electron chi connectivity index (χ1n) is 5.26. The second kappa shape index (κ2) is 4.79. The van der Waals surface area contributed by atoms with E-state index >= 15 is 0 Å². The number of rotatable bonds is 2. The van der Waals surface area contributed by atoms with Crippen molar-refractivity contribution in [2.75, 3.05) is 5.32 Å². The van der Waals surface area contributed by atoms with Gasteiger partial charge in [-0.1, -0.05) is 0 Å². The fraction of sp³-hybridized carbons (Fsp3) is 0.200. The maximum atomic E-state index is 12.4. The fourth-order valence-electron chi connectivity index (χ4n) is 1.38. The highest BCUT2D eigenvalue weighted by atomic mass is 19.4. The topological polar surface area (TPSA) is 92.7 Å². The van der Waals surface area contributed by atoms with Gasteiger partial charge in [0.25, 0.3) is 17.3 Å². The quantitative estimate of drug-likeness (QED) is 0.853. The average molecular weight is 287 g/mol. The highest BCUT2D eigenvalue weighted by Crippen LogP contribution is 2.26. The summed E-state index contributed by atoms with van der Waals surface area (Å²) in [7, 11) is 1.19. The van der Waals surface area contributed by atoms with Gasteiger partial charge in [0, 0.05) is 13.2 Å². The average Bonchev–Trinajstić information content (AvgIpc) is 2.71. The molecule has 0 saturated heterocycles. The van der Waals surface area contributed by atoms with Gasteiger partial charge in [0.1, 0.15) is 5.56 Å². The number of amides is 1. The van der Waals surface area contributed by atoms with Crippen LogP contribution < -0.4 is 10.9 Å². The number of carbonyl (C=O) groups is 1. The lowest BCUT2D eigenvalue weighted by Gasteiger charge is -2.02. The van der Waals surface area contributed by atoms with Crippen LogP contribution in [0.3, 0.4) is 0 Å². The molecule has 0 atom stereocenters. The number of nitrogens with one attached hydrogen (secondary N) is 2. The number of carbonyl (C=O) groups excluding carboxylic acids is 1. The van der Waals surface area contributed by atoms with E-state index < -0.39 is 29.4 Å². The van der Waals surface area contributed by atoms with Crippen molar-refractivity contribution in [3.8, 4) is 0 Å². The van der Waals surface area contributed by atoms with Gasteiger partial charge < -0.3 is 4.98 Å². The third kappa shape index (κ3) is 2.68. The zero-order valence-corrected chi connectivity index (χ0v) is 10.0. The number of pyridine rings is 1. The van der Waals surface area contributed by atoms with Gasteiger partial charge in [0.2, 0.25) is 5.95 Å². The minimum Gasteiger partial charge on any atom is -0.328 e. The second-order valence-corrected chi connectivity index (χ2v) is 3.75. The zero-order valence-electron chi connectivity index (χ0n) is 10.0. The molecule has 2 rings (SSSR count). The van der Waals surface area contributed by atoms with Gasteiger partial charge in [0.15, 0.2) is 0 Å². The van der Waals surface area contributed by atoms with Gasteiger partial charge in [-0.25, -0.2) is 4.68 Å². The van der Waals surface area contributed by atoms with Crippen molar-refractivity contribution >= 4 is 11.9 Å². The highest BCUT2D eigenvalue weighted by molar-refractivity contribution is 6.03. The van der Waals surface area contributed by atoms with Crippen molar-refractivity contribution in [2.24, 2.45) is 7.05 Å². The molecule has 2 aromatic heterocycles. The van der Waals surface area contributed by atoms with E-state index in [0.29, 0.717) is 0 Å². The Kier molecular flexibility index (Phi) is 3.30. The Morgan fingerprint density at radius 2 is 2.15 bits per heavy atom. The van der Waals surface area contributed by atoms with Gasteiger partial charge >= 0.3 is 6.18 Å².